The van der Waals surface area contributed by atoms with Gasteiger partial charge in [0.15, 0.2) is 0 Å². The minimum absolute atomic E-state index is 0.00135. The molecule has 0 fully saturated rings. The zero-order valence-electron chi connectivity index (χ0n) is 42.6. The zero-order valence-corrected chi connectivity index (χ0v) is 43.4. The lowest BCUT2D eigenvalue weighted by Crippen LogP contribution is -2.30. The number of ether oxygens (including phenoxy) is 2. The van der Waals surface area contributed by atoms with Crippen molar-refractivity contribution in [3.8, 4) is 0 Å². The number of hydrogen-bond acceptors (Lipinski definition) is 7. The first kappa shape index (κ1) is 60.7. The number of amides is 1. The number of carbonyl (C=O) groups is 3. The highest BCUT2D eigenvalue weighted by molar-refractivity contribution is 8.13. The molecule has 0 saturated carbocycles. The first-order valence-electron chi connectivity index (χ1n) is 27.0. The quantitative estimate of drug-likeness (QED) is 0.0445. The van der Waals surface area contributed by atoms with Crippen LogP contribution in [0.2, 0.25) is 0 Å². The fraction of sp³-hybridized carbons (Fsp3) is 0.944. The van der Waals surface area contributed by atoms with Crippen molar-refractivity contribution in [2.75, 3.05) is 46.1 Å². The predicted molar refractivity (Wildman–Crippen MR) is 270 cm³/mol. The molecule has 0 aliphatic carbocycles. The van der Waals surface area contributed by atoms with E-state index in [9.17, 15) is 14.4 Å². The molecule has 0 unspecified atom stereocenters. The van der Waals surface area contributed by atoms with Crippen LogP contribution in [-0.2, 0) is 19.1 Å². The standard InChI is InChI=1S/C54H106N2O5S/c1-8-11-14-17-20-23-27-32-41-51(57)60-48-44-54(4,5)43-34-36-47-56(53(59)62-49-38-37-45-55(6)7)46-35-29-24-28-33-42-52(58)61-50(39-30-25-21-18-15-12-9-2)40-31-26-22-19-16-13-10-3/h50H,8-49H2,1-7H3. The number of carbonyl (C=O) groups excluding carboxylic acids is 3. The number of rotatable bonds is 47. The summed E-state index contributed by atoms with van der Waals surface area (Å²) >= 11 is 1.49. The first-order chi connectivity index (χ1) is 30.0. The lowest BCUT2D eigenvalue weighted by atomic mass is 9.84. The van der Waals surface area contributed by atoms with Crippen LogP contribution in [-0.4, -0.2) is 79.2 Å². The van der Waals surface area contributed by atoms with Crippen molar-refractivity contribution in [1.29, 1.82) is 0 Å². The van der Waals surface area contributed by atoms with Gasteiger partial charge in [-0.1, -0.05) is 194 Å². The van der Waals surface area contributed by atoms with Gasteiger partial charge in [0.2, 0.25) is 0 Å². The molecule has 0 aliphatic heterocycles. The molecule has 0 aromatic rings. The second kappa shape index (κ2) is 44.9. The summed E-state index contributed by atoms with van der Waals surface area (Å²) in [6, 6.07) is 0. The molecule has 1 amide bonds. The van der Waals surface area contributed by atoms with Crippen LogP contribution in [0.15, 0.2) is 0 Å². The number of nitrogens with zero attached hydrogens (tertiary/aromatic N) is 2. The van der Waals surface area contributed by atoms with E-state index in [-0.39, 0.29) is 28.7 Å². The Hall–Kier alpha value is -1.28. The second-order valence-electron chi connectivity index (χ2n) is 19.9. The van der Waals surface area contributed by atoms with Crippen molar-refractivity contribution in [3.05, 3.63) is 0 Å². The maximum absolute atomic E-state index is 13.4. The molecule has 0 bridgehead atoms. The van der Waals surface area contributed by atoms with E-state index >= 15 is 0 Å². The van der Waals surface area contributed by atoms with Crippen molar-refractivity contribution in [2.24, 2.45) is 5.41 Å². The summed E-state index contributed by atoms with van der Waals surface area (Å²) in [5.41, 5.74) is 0.100. The largest absolute Gasteiger partial charge is 0.466 e. The fourth-order valence-electron chi connectivity index (χ4n) is 8.29. The minimum atomic E-state index is -0.0468. The van der Waals surface area contributed by atoms with Crippen LogP contribution >= 0.6 is 11.8 Å². The van der Waals surface area contributed by atoms with E-state index in [4.69, 9.17) is 9.47 Å². The molecule has 0 aliphatic rings. The van der Waals surface area contributed by atoms with Crippen molar-refractivity contribution < 1.29 is 23.9 Å². The summed E-state index contributed by atoms with van der Waals surface area (Å²) in [6.45, 7) is 14.5. The van der Waals surface area contributed by atoms with Gasteiger partial charge in [-0.05, 0) is 103 Å². The van der Waals surface area contributed by atoms with E-state index in [2.05, 4.69) is 58.5 Å². The third-order valence-corrected chi connectivity index (χ3v) is 13.7. The van der Waals surface area contributed by atoms with Crippen molar-refractivity contribution >= 4 is 28.9 Å². The smallest absolute Gasteiger partial charge is 0.306 e. The molecule has 0 atom stereocenters. The molecule has 0 radical (unpaired) electrons. The number of esters is 2. The summed E-state index contributed by atoms with van der Waals surface area (Å²) in [4.78, 5) is 42.9. The Morgan fingerprint density at radius 2 is 0.903 bits per heavy atom. The van der Waals surface area contributed by atoms with Crippen LogP contribution in [0.4, 0.5) is 4.79 Å². The first-order valence-corrected chi connectivity index (χ1v) is 27.9. The van der Waals surface area contributed by atoms with E-state index in [1.54, 1.807) is 0 Å². The van der Waals surface area contributed by atoms with Gasteiger partial charge in [-0.25, -0.2) is 0 Å². The average Bonchev–Trinajstić information content (AvgIpc) is 3.23. The van der Waals surface area contributed by atoms with Gasteiger partial charge < -0.3 is 19.3 Å². The topological polar surface area (TPSA) is 76.1 Å². The summed E-state index contributed by atoms with van der Waals surface area (Å²) in [5, 5.41) is 0.225. The molecular weight excluding hydrogens is 789 g/mol. The Morgan fingerprint density at radius 3 is 1.40 bits per heavy atom. The van der Waals surface area contributed by atoms with E-state index in [1.807, 2.05) is 0 Å². The second-order valence-corrected chi connectivity index (χ2v) is 20.9. The van der Waals surface area contributed by atoms with E-state index in [0.717, 1.165) is 122 Å². The maximum atomic E-state index is 13.4. The molecule has 8 heteroatoms. The average molecular weight is 896 g/mol. The lowest BCUT2D eigenvalue weighted by molar-refractivity contribution is -0.150. The van der Waals surface area contributed by atoms with Gasteiger partial charge in [0, 0.05) is 31.7 Å². The van der Waals surface area contributed by atoms with Crippen LogP contribution in [0.1, 0.15) is 272 Å². The SMILES string of the molecule is CCCCCCCCCCC(=O)OCCC(C)(C)CCCCN(CCCCCCCC(=O)OC(CCCCCCCCC)CCCCCCCCC)C(=O)SCCCCN(C)C. The summed E-state index contributed by atoms with van der Waals surface area (Å²) in [7, 11) is 4.20. The molecule has 0 aromatic carbocycles. The van der Waals surface area contributed by atoms with Crippen molar-refractivity contribution in [3.63, 3.8) is 0 Å². The molecule has 0 rings (SSSR count). The highest BCUT2D eigenvalue weighted by atomic mass is 32.2. The predicted octanol–water partition coefficient (Wildman–Crippen LogP) is 16.7. The Kier molecular flexibility index (Phi) is 44.0. The van der Waals surface area contributed by atoms with E-state index in [1.165, 1.54) is 140 Å². The fourth-order valence-corrected chi connectivity index (χ4v) is 9.18. The monoisotopic (exact) mass is 895 g/mol. The Labute approximate surface area is 390 Å². The van der Waals surface area contributed by atoms with Crippen LogP contribution in [0, 0.1) is 5.41 Å². The van der Waals surface area contributed by atoms with Crippen molar-refractivity contribution in [2.45, 2.75) is 278 Å². The summed E-state index contributed by atoms with van der Waals surface area (Å²) in [6.07, 6.45) is 42.4. The van der Waals surface area contributed by atoms with Gasteiger partial charge >= 0.3 is 11.9 Å². The normalized spacial score (nSPS) is 11.8. The highest BCUT2D eigenvalue weighted by Gasteiger charge is 2.20. The van der Waals surface area contributed by atoms with Crippen LogP contribution in [0.25, 0.3) is 0 Å². The summed E-state index contributed by atoms with van der Waals surface area (Å²) in [5.74, 6) is 0.830. The Morgan fingerprint density at radius 1 is 0.484 bits per heavy atom. The molecule has 0 saturated heterocycles. The maximum Gasteiger partial charge on any atom is 0.306 e. The highest BCUT2D eigenvalue weighted by Crippen LogP contribution is 2.28. The Bertz CT molecular complexity index is 989. The molecule has 0 aromatic heterocycles. The van der Waals surface area contributed by atoms with Crippen molar-refractivity contribution in [1.82, 2.24) is 9.80 Å². The molecule has 7 nitrogen and oxygen atoms in total. The van der Waals surface area contributed by atoms with Gasteiger partial charge in [-0.2, -0.15) is 0 Å². The number of thioether (sulfide) groups is 1. The minimum Gasteiger partial charge on any atom is -0.466 e. The number of unbranched alkanes of at least 4 members (excludes halogenated alkanes) is 25. The van der Waals surface area contributed by atoms with Gasteiger partial charge in [-0.15, -0.1) is 0 Å². The van der Waals surface area contributed by atoms with Gasteiger partial charge in [0.1, 0.15) is 6.10 Å². The van der Waals surface area contributed by atoms with Crippen LogP contribution in [0.3, 0.4) is 0 Å². The van der Waals surface area contributed by atoms with Gasteiger partial charge in [-0.3, -0.25) is 14.4 Å². The summed E-state index contributed by atoms with van der Waals surface area (Å²) < 4.78 is 11.7. The van der Waals surface area contributed by atoms with Crippen LogP contribution < -0.4 is 0 Å². The van der Waals surface area contributed by atoms with E-state index < -0.39 is 0 Å². The molecule has 0 spiro atoms. The molecule has 62 heavy (non-hydrogen) atoms. The molecule has 368 valence electrons. The van der Waals surface area contributed by atoms with Crippen LogP contribution in [0.5, 0.6) is 0 Å². The number of hydrogen-bond donors (Lipinski definition) is 0. The third-order valence-electron chi connectivity index (χ3n) is 12.7. The van der Waals surface area contributed by atoms with E-state index in [0.29, 0.717) is 19.4 Å². The molecule has 0 N–H and O–H groups in total. The Balaban J connectivity index is 4.64. The zero-order chi connectivity index (χ0) is 45.8. The third kappa shape index (κ3) is 42.7. The lowest BCUT2D eigenvalue weighted by Gasteiger charge is -2.26. The van der Waals surface area contributed by atoms with Gasteiger partial charge in [0.25, 0.3) is 5.24 Å². The molecule has 0 heterocycles. The van der Waals surface area contributed by atoms with Gasteiger partial charge in [0.05, 0.1) is 6.61 Å². The molecular formula is C54H106N2O5S.